The molecule has 0 fully saturated rings. The fourth-order valence-electron chi connectivity index (χ4n) is 1.73. The fraction of sp³-hybridized carbons (Fsp3) is 0.500. The molecule has 1 amide bonds. The van der Waals surface area contributed by atoms with Gasteiger partial charge in [0.1, 0.15) is 5.75 Å². The molecule has 0 atom stereocenters. The van der Waals surface area contributed by atoms with Gasteiger partial charge in [-0.3, -0.25) is 4.79 Å². The van der Waals surface area contributed by atoms with E-state index in [2.05, 4.69) is 10.6 Å². The van der Waals surface area contributed by atoms with Gasteiger partial charge in [-0.05, 0) is 32.3 Å². The Morgan fingerprint density at radius 1 is 1.37 bits per heavy atom. The highest BCUT2D eigenvalue weighted by molar-refractivity contribution is 5.79. The molecule has 0 aliphatic carbocycles. The Labute approximate surface area is 114 Å². The van der Waals surface area contributed by atoms with Gasteiger partial charge in [0.05, 0.1) is 13.5 Å². The van der Waals surface area contributed by atoms with Crippen LogP contribution in [-0.4, -0.2) is 52.1 Å². The van der Waals surface area contributed by atoms with E-state index in [1.807, 2.05) is 44.2 Å². The number of anilines is 1. The summed E-state index contributed by atoms with van der Waals surface area (Å²) in [5.74, 6) is 0.746. The van der Waals surface area contributed by atoms with Crippen molar-refractivity contribution in [1.29, 1.82) is 0 Å². The summed E-state index contributed by atoms with van der Waals surface area (Å²) in [5, 5.41) is 5.95. The Bertz CT molecular complexity index is 419. The molecule has 5 nitrogen and oxygen atoms in total. The predicted octanol–water partition coefficient (Wildman–Crippen LogP) is 0.957. The zero-order valence-corrected chi connectivity index (χ0v) is 12.1. The summed E-state index contributed by atoms with van der Waals surface area (Å²) in [6.07, 6.45) is 0.326. The van der Waals surface area contributed by atoms with E-state index in [4.69, 9.17) is 4.74 Å². The molecule has 106 valence electrons. The monoisotopic (exact) mass is 265 g/mol. The molecule has 0 heterocycles. The Kier molecular flexibility index (Phi) is 6.15. The Morgan fingerprint density at radius 3 is 2.68 bits per heavy atom. The first kappa shape index (κ1) is 15.3. The number of nitrogens with one attached hydrogen (secondary N) is 2. The molecule has 0 aliphatic heterocycles. The van der Waals surface area contributed by atoms with E-state index in [1.54, 1.807) is 7.11 Å². The van der Waals surface area contributed by atoms with Gasteiger partial charge in [-0.1, -0.05) is 0 Å². The van der Waals surface area contributed by atoms with E-state index in [-0.39, 0.29) is 5.91 Å². The normalized spacial score (nSPS) is 10.4. The number of rotatable bonds is 7. The quantitative estimate of drug-likeness (QED) is 0.771. The third kappa shape index (κ3) is 5.18. The van der Waals surface area contributed by atoms with E-state index in [0.29, 0.717) is 13.0 Å². The molecule has 1 aromatic carbocycles. The van der Waals surface area contributed by atoms with Gasteiger partial charge in [-0.25, -0.2) is 0 Å². The first-order valence-electron chi connectivity index (χ1n) is 6.33. The van der Waals surface area contributed by atoms with Gasteiger partial charge >= 0.3 is 0 Å². The maximum atomic E-state index is 11.9. The number of benzene rings is 1. The van der Waals surface area contributed by atoms with Gasteiger partial charge in [-0.2, -0.15) is 0 Å². The van der Waals surface area contributed by atoms with Crippen LogP contribution < -0.4 is 15.4 Å². The van der Waals surface area contributed by atoms with Crippen LogP contribution in [0.5, 0.6) is 5.75 Å². The average Bonchev–Trinajstić information content (AvgIpc) is 2.38. The van der Waals surface area contributed by atoms with Crippen LogP contribution in [0.2, 0.25) is 0 Å². The minimum atomic E-state index is 0.00778. The number of carbonyl (C=O) groups is 1. The third-order valence-corrected chi connectivity index (χ3v) is 2.80. The second-order valence-electron chi connectivity index (χ2n) is 4.61. The first-order chi connectivity index (χ1) is 9.06. The van der Waals surface area contributed by atoms with Crippen LogP contribution in [0, 0.1) is 0 Å². The van der Waals surface area contributed by atoms with Gasteiger partial charge in [0.2, 0.25) is 5.91 Å². The third-order valence-electron chi connectivity index (χ3n) is 2.80. The molecule has 1 rings (SSSR count). The zero-order valence-electron chi connectivity index (χ0n) is 12.1. The molecule has 5 heteroatoms. The number of nitrogens with zero attached hydrogens (tertiary/aromatic N) is 1. The number of likely N-dealkylation sites (N-methyl/N-ethyl adjacent to an activating group) is 1. The number of methoxy groups -OCH3 is 1. The van der Waals surface area contributed by atoms with Crippen LogP contribution in [-0.2, 0) is 11.2 Å². The summed E-state index contributed by atoms with van der Waals surface area (Å²) < 4.78 is 5.27. The molecule has 0 spiro atoms. The van der Waals surface area contributed by atoms with Crippen molar-refractivity contribution in [3.63, 3.8) is 0 Å². The van der Waals surface area contributed by atoms with Crippen molar-refractivity contribution in [2.75, 3.05) is 46.7 Å². The second kappa shape index (κ2) is 7.63. The smallest absolute Gasteiger partial charge is 0.224 e. The van der Waals surface area contributed by atoms with Crippen molar-refractivity contribution >= 4 is 11.6 Å². The second-order valence-corrected chi connectivity index (χ2v) is 4.61. The number of hydrogen-bond donors (Lipinski definition) is 2. The van der Waals surface area contributed by atoms with Gasteiger partial charge in [0.25, 0.3) is 0 Å². The molecule has 1 aromatic rings. The standard InChI is InChI=1S/C14H23N3O2/c1-15-12-5-6-13(19-4)11(9-12)10-14(18)16-7-8-17(2)3/h5-6,9,15H,7-8,10H2,1-4H3,(H,16,18). The van der Waals surface area contributed by atoms with E-state index in [1.165, 1.54) is 0 Å². The molecule has 0 bridgehead atoms. The largest absolute Gasteiger partial charge is 0.496 e. The van der Waals surface area contributed by atoms with E-state index < -0.39 is 0 Å². The lowest BCUT2D eigenvalue weighted by Gasteiger charge is -2.12. The molecule has 0 unspecified atom stereocenters. The SMILES string of the molecule is CNc1ccc(OC)c(CC(=O)NCCN(C)C)c1. The van der Waals surface area contributed by atoms with Crippen molar-refractivity contribution < 1.29 is 9.53 Å². The molecule has 0 saturated carbocycles. The molecule has 0 aliphatic rings. The van der Waals surface area contributed by atoms with Crippen LogP contribution in [0.4, 0.5) is 5.69 Å². The minimum absolute atomic E-state index is 0.00778. The average molecular weight is 265 g/mol. The molecule has 0 aromatic heterocycles. The van der Waals surface area contributed by atoms with E-state index >= 15 is 0 Å². The predicted molar refractivity (Wildman–Crippen MR) is 77.8 cm³/mol. The Hall–Kier alpha value is -1.75. The van der Waals surface area contributed by atoms with Crippen LogP contribution in [0.25, 0.3) is 0 Å². The summed E-state index contributed by atoms with van der Waals surface area (Å²) in [7, 11) is 7.42. The van der Waals surface area contributed by atoms with Gasteiger partial charge in [0, 0.05) is 31.4 Å². The highest BCUT2D eigenvalue weighted by Gasteiger charge is 2.09. The summed E-state index contributed by atoms with van der Waals surface area (Å²) in [6.45, 7) is 1.49. The van der Waals surface area contributed by atoms with Gasteiger partial charge in [0.15, 0.2) is 0 Å². The van der Waals surface area contributed by atoms with Crippen molar-refractivity contribution in [2.45, 2.75) is 6.42 Å². The van der Waals surface area contributed by atoms with Crippen LogP contribution in [0.15, 0.2) is 18.2 Å². The number of carbonyl (C=O) groups excluding carboxylic acids is 1. The van der Waals surface area contributed by atoms with Crippen molar-refractivity contribution in [2.24, 2.45) is 0 Å². The van der Waals surface area contributed by atoms with Crippen molar-refractivity contribution in [3.8, 4) is 5.75 Å². The number of amides is 1. The van der Waals surface area contributed by atoms with Crippen molar-refractivity contribution in [1.82, 2.24) is 10.2 Å². The molecule has 2 N–H and O–H groups in total. The number of hydrogen-bond acceptors (Lipinski definition) is 4. The maximum Gasteiger partial charge on any atom is 0.224 e. The summed E-state index contributed by atoms with van der Waals surface area (Å²) in [5.41, 5.74) is 1.86. The van der Waals surface area contributed by atoms with E-state index in [0.717, 1.165) is 23.5 Å². The summed E-state index contributed by atoms with van der Waals surface area (Å²) in [6, 6.07) is 5.73. The van der Waals surface area contributed by atoms with Crippen LogP contribution >= 0.6 is 0 Å². The lowest BCUT2D eigenvalue weighted by Crippen LogP contribution is -2.32. The molecule has 0 radical (unpaired) electrons. The van der Waals surface area contributed by atoms with Crippen LogP contribution in [0.1, 0.15) is 5.56 Å². The van der Waals surface area contributed by atoms with Crippen LogP contribution in [0.3, 0.4) is 0 Å². The zero-order chi connectivity index (χ0) is 14.3. The lowest BCUT2D eigenvalue weighted by atomic mass is 10.1. The lowest BCUT2D eigenvalue weighted by molar-refractivity contribution is -0.120. The van der Waals surface area contributed by atoms with E-state index in [9.17, 15) is 4.79 Å². The van der Waals surface area contributed by atoms with Gasteiger partial charge < -0.3 is 20.3 Å². The topological polar surface area (TPSA) is 53.6 Å². The molecule has 19 heavy (non-hydrogen) atoms. The minimum Gasteiger partial charge on any atom is -0.496 e. The van der Waals surface area contributed by atoms with Gasteiger partial charge in [-0.15, -0.1) is 0 Å². The summed E-state index contributed by atoms with van der Waals surface area (Å²) in [4.78, 5) is 13.9. The number of ether oxygens (including phenoxy) is 1. The Morgan fingerprint density at radius 2 is 2.11 bits per heavy atom. The highest BCUT2D eigenvalue weighted by Crippen LogP contribution is 2.22. The Balaban J connectivity index is 2.61. The summed E-state index contributed by atoms with van der Waals surface area (Å²) >= 11 is 0. The fourth-order valence-corrected chi connectivity index (χ4v) is 1.73. The molecule has 0 saturated heterocycles. The maximum absolute atomic E-state index is 11.9. The highest BCUT2D eigenvalue weighted by atomic mass is 16.5. The first-order valence-corrected chi connectivity index (χ1v) is 6.33. The molecular weight excluding hydrogens is 242 g/mol. The van der Waals surface area contributed by atoms with Crippen molar-refractivity contribution in [3.05, 3.63) is 23.8 Å². The molecular formula is C14H23N3O2.